The van der Waals surface area contributed by atoms with E-state index in [2.05, 4.69) is 5.18 Å². The minimum atomic E-state index is -1.66. The summed E-state index contributed by atoms with van der Waals surface area (Å²) in [5.74, 6) is -1.11. The number of rotatable bonds is 5. The Morgan fingerprint density at radius 2 is 1.94 bits per heavy atom. The van der Waals surface area contributed by atoms with E-state index in [1.807, 2.05) is 13.8 Å². The largest absolute Gasteiger partial charge is 1.00 e. The number of carboxylic acid groups (broad SMARTS) is 1. The first kappa shape index (κ1) is 16.3. The molecule has 0 bridgehead atoms. The molecule has 0 saturated heterocycles. The van der Waals surface area contributed by atoms with E-state index in [9.17, 15) is 14.8 Å². The van der Waals surface area contributed by atoms with Crippen LogP contribution in [-0.4, -0.2) is 11.1 Å². The molecule has 0 saturated carbocycles. The Hall–Kier alpha value is -0.710. The molecule has 4 nitrogen and oxygen atoms in total. The fraction of sp³-hybridized carbons (Fsp3) is 0.417. The van der Waals surface area contributed by atoms with Gasteiger partial charge in [0.05, 0.1) is 0 Å². The molecule has 0 radical (unpaired) electrons. The van der Waals surface area contributed by atoms with Gasteiger partial charge in [-0.1, -0.05) is 44.2 Å². The monoisotopic (exact) mass is 245 g/mol. The van der Waals surface area contributed by atoms with Crippen LogP contribution in [0.2, 0.25) is 0 Å². The van der Waals surface area contributed by atoms with Crippen LogP contribution in [0, 0.1) is 10.8 Å². The molecule has 0 spiro atoms. The number of hydrogen-bond acceptors (Lipinski definition) is 3. The molecule has 0 aliphatic carbocycles. The van der Waals surface area contributed by atoms with Crippen LogP contribution in [0.3, 0.4) is 0 Å². The molecule has 1 atom stereocenters. The summed E-state index contributed by atoms with van der Waals surface area (Å²) in [4.78, 5) is 22.3. The van der Waals surface area contributed by atoms with Gasteiger partial charge in [0.25, 0.3) is 0 Å². The Balaban J connectivity index is 0. The van der Waals surface area contributed by atoms with E-state index in [0.717, 1.165) is 0 Å². The van der Waals surface area contributed by atoms with Crippen molar-refractivity contribution < 1.29 is 40.9 Å². The van der Waals surface area contributed by atoms with Crippen LogP contribution in [0.1, 0.15) is 27.3 Å². The number of carboxylic acids is 1. The summed E-state index contributed by atoms with van der Waals surface area (Å²) in [6, 6.07) is 8.43. The number of benzene rings is 1. The number of carbonyl (C=O) groups is 1. The van der Waals surface area contributed by atoms with Gasteiger partial charge in [0.1, 0.15) is 0 Å². The Bertz CT molecular complexity index is 386. The van der Waals surface area contributed by atoms with E-state index in [-0.39, 0.29) is 43.3 Å². The Kier molecular flexibility index (Phi) is 6.60. The van der Waals surface area contributed by atoms with Crippen LogP contribution >= 0.6 is 0 Å². The summed E-state index contributed by atoms with van der Waals surface area (Å²) in [7, 11) is 0. The first-order chi connectivity index (χ1) is 7.53. The maximum Gasteiger partial charge on any atom is 1.00 e. The van der Waals surface area contributed by atoms with Crippen molar-refractivity contribution in [3.05, 3.63) is 40.8 Å². The van der Waals surface area contributed by atoms with Crippen molar-refractivity contribution in [3.8, 4) is 0 Å². The van der Waals surface area contributed by atoms with Crippen molar-refractivity contribution in [2.45, 2.75) is 25.8 Å². The molecular formula is C12H16NNaO3. The van der Waals surface area contributed by atoms with Crippen molar-refractivity contribution >= 4 is 5.97 Å². The van der Waals surface area contributed by atoms with Crippen molar-refractivity contribution in [2.75, 3.05) is 0 Å². The molecule has 1 aromatic rings. The SMILES string of the molecule is CC(C)CC(N=O)(C(=O)O)c1ccccc1.[H-].[Na+]. The summed E-state index contributed by atoms with van der Waals surface area (Å²) in [5, 5.41) is 12.1. The van der Waals surface area contributed by atoms with Crippen molar-refractivity contribution in [1.29, 1.82) is 0 Å². The second-order valence-corrected chi connectivity index (χ2v) is 4.22. The molecule has 5 heteroatoms. The zero-order chi connectivity index (χ0) is 12.2. The molecule has 0 aliphatic rings. The van der Waals surface area contributed by atoms with Gasteiger partial charge in [0, 0.05) is 0 Å². The minimum Gasteiger partial charge on any atom is -1.00 e. The summed E-state index contributed by atoms with van der Waals surface area (Å²) in [6.07, 6.45) is 0.204. The molecule has 88 valence electrons. The molecule has 0 amide bonds. The fourth-order valence-corrected chi connectivity index (χ4v) is 1.76. The summed E-state index contributed by atoms with van der Waals surface area (Å²) in [6.45, 7) is 3.73. The number of nitrogens with zero attached hydrogens (tertiary/aromatic N) is 1. The molecule has 0 aromatic heterocycles. The molecule has 0 heterocycles. The minimum absolute atomic E-state index is 0. The Morgan fingerprint density at radius 1 is 1.41 bits per heavy atom. The van der Waals surface area contributed by atoms with E-state index in [1.54, 1.807) is 30.3 Å². The number of aliphatic carboxylic acids is 1. The van der Waals surface area contributed by atoms with Gasteiger partial charge in [0.2, 0.25) is 5.54 Å². The van der Waals surface area contributed by atoms with E-state index in [4.69, 9.17) is 0 Å². The van der Waals surface area contributed by atoms with E-state index < -0.39 is 11.5 Å². The third-order valence-electron chi connectivity index (χ3n) is 2.46. The number of nitroso groups, excluding NO2 is 1. The molecule has 1 unspecified atom stereocenters. The number of hydrogen-bond donors (Lipinski definition) is 1. The average molecular weight is 245 g/mol. The standard InChI is InChI=1S/C12H15NO3.Na.H/c1-9(2)8-12(13-16,11(14)15)10-6-4-3-5-7-10;;/h3-7,9H,8H2,1-2H3,(H,14,15);;/q;+1;-1. The Labute approximate surface area is 124 Å². The van der Waals surface area contributed by atoms with Crippen molar-refractivity contribution in [2.24, 2.45) is 11.1 Å². The van der Waals surface area contributed by atoms with Crippen molar-refractivity contribution in [1.82, 2.24) is 0 Å². The maximum atomic E-state index is 11.3. The van der Waals surface area contributed by atoms with E-state index in [0.29, 0.717) is 5.56 Å². The second kappa shape index (κ2) is 6.89. The molecular weight excluding hydrogens is 229 g/mol. The molecule has 1 rings (SSSR count). The molecule has 17 heavy (non-hydrogen) atoms. The molecule has 1 N–H and O–H groups in total. The fourth-order valence-electron chi connectivity index (χ4n) is 1.76. The topological polar surface area (TPSA) is 66.7 Å². The van der Waals surface area contributed by atoms with Crippen LogP contribution in [0.5, 0.6) is 0 Å². The van der Waals surface area contributed by atoms with Gasteiger partial charge >= 0.3 is 35.5 Å². The molecule has 0 fully saturated rings. The third kappa shape index (κ3) is 3.63. The third-order valence-corrected chi connectivity index (χ3v) is 2.46. The average Bonchev–Trinajstić information content (AvgIpc) is 2.26. The molecule has 0 aliphatic heterocycles. The van der Waals surface area contributed by atoms with Gasteiger partial charge in [-0.15, -0.1) is 4.91 Å². The predicted octanol–water partition coefficient (Wildman–Crippen LogP) is -0.105. The van der Waals surface area contributed by atoms with Crippen LogP contribution in [-0.2, 0) is 10.3 Å². The smallest absolute Gasteiger partial charge is 1.00 e. The van der Waals surface area contributed by atoms with Gasteiger partial charge in [-0.3, -0.25) is 0 Å². The zero-order valence-corrected chi connectivity index (χ0v) is 12.4. The van der Waals surface area contributed by atoms with Crippen LogP contribution in [0.15, 0.2) is 35.5 Å². The van der Waals surface area contributed by atoms with Gasteiger partial charge in [-0.05, 0) is 23.1 Å². The summed E-state index contributed by atoms with van der Waals surface area (Å²) < 4.78 is 0. The first-order valence-corrected chi connectivity index (χ1v) is 5.16. The van der Waals surface area contributed by atoms with Gasteiger partial charge < -0.3 is 6.53 Å². The predicted molar refractivity (Wildman–Crippen MR) is 62.1 cm³/mol. The second-order valence-electron chi connectivity index (χ2n) is 4.22. The van der Waals surface area contributed by atoms with Gasteiger partial charge in [-0.25, -0.2) is 4.79 Å². The molecule has 1 aromatic carbocycles. The van der Waals surface area contributed by atoms with Gasteiger partial charge in [-0.2, -0.15) is 0 Å². The quantitative estimate of drug-likeness (QED) is 0.581. The van der Waals surface area contributed by atoms with E-state index in [1.165, 1.54) is 0 Å². The van der Waals surface area contributed by atoms with Gasteiger partial charge in [0.15, 0.2) is 0 Å². The maximum absolute atomic E-state index is 11.3. The summed E-state index contributed by atoms with van der Waals surface area (Å²) >= 11 is 0. The van der Waals surface area contributed by atoms with Crippen LogP contribution in [0.25, 0.3) is 0 Å². The first-order valence-electron chi connectivity index (χ1n) is 5.16. The van der Waals surface area contributed by atoms with Crippen LogP contribution in [0.4, 0.5) is 0 Å². The van der Waals surface area contributed by atoms with E-state index >= 15 is 0 Å². The summed E-state index contributed by atoms with van der Waals surface area (Å²) in [5.41, 5.74) is -1.22. The zero-order valence-electron chi connectivity index (χ0n) is 11.4. The van der Waals surface area contributed by atoms with Crippen molar-refractivity contribution in [3.63, 3.8) is 0 Å². The van der Waals surface area contributed by atoms with Crippen LogP contribution < -0.4 is 29.6 Å². The Morgan fingerprint density at radius 3 is 2.29 bits per heavy atom. The normalized spacial score (nSPS) is 13.6.